The van der Waals surface area contributed by atoms with Crippen LogP contribution in [0.2, 0.25) is 0 Å². The molecule has 0 aliphatic carbocycles. The fourth-order valence-corrected chi connectivity index (χ4v) is 2.06. The molecular weight excluding hydrogens is 401 g/mol. The van der Waals surface area contributed by atoms with Gasteiger partial charge >= 0.3 is 0 Å². The highest BCUT2D eigenvalue weighted by atomic mass is 127. The van der Waals surface area contributed by atoms with Crippen LogP contribution >= 0.6 is 24.0 Å². The van der Waals surface area contributed by atoms with E-state index in [1.165, 1.54) is 12.0 Å². The van der Waals surface area contributed by atoms with Crippen molar-refractivity contribution in [2.45, 2.75) is 46.1 Å². The predicted molar refractivity (Wildman–Crippen MR) is 110 cm³/mol. The number of halogens is 1. The average molecular weight is 433 g/mol. The van der Waals surface area contributed by atoms with E-state index in [2.05, 4.69) is 60.7 Å². The Morgan fingerprint density at radius 3 is 2.48 bits per heavy atom. The molecule has 0 radical (unpaired) electrons. The van der Waals surface area contributed by atoms with Crippen LogP contribution in [0.15, 0.2) is 35.3 Å². The second-order valence-corrected chi connectivity index (χ2v) is 5.36. The summed E-state index contributed by atoms with van der Waals surface area (Å²) in [5.41, 5.74) is 1.26. The first kappa shape index (κ1) is 22.2. The van der Waals surface area contributed by atoms with Crippen molar-refractivity contribution in [3.63, 3.8) is 0 Å². The first-order chi connectivity index (χ1) is 10.8. The van der Waals surface area contributed by atoms with E-state index in [-0.39, 0.29) is 30.0 Å². The van der Waals surface area contributed by atoms with Crippen LogP contribution in [-0.2, 0) is 4.74 Å². The molecule has 1 unspecified atom stereocenters. The molecule has 0 aliphatic rings. The molecule has 1 aromatic rings. The van der Waals surface area contributed by atoms with Gasteiger partial charge in [-0.1, -0.05) is 43.7 Å². The summed E-state index contributed by atoms with van der Waals surface area (Å²) >= 11 is 0. The summed E-state index contributed by atoms with van der Waals surface area (Å²) in [5.74, 6) is 0.868. The van der Waals surface area contributed by atoms with Gasteiger partial charge in [0, 0.05) is 26.3 Å². The lowest BCUT2D eigenvalue weighted by molar-refractivity contribution is 0.130. The van der Waals surface area contributed by atoms with Gasteiger partial charge in [0.25, 0.3) is 0 Å². The predicted octanol–water partition coefficient (Wildman–Crippen LogP) is 4.13. The Bertz CT molecular complexity index is 412. The number of benzene rings is 1. The summed E-state index contributed by atoms with van der Waals surface area (Å²) in [6.07, 6.45) is 3.28. The highest BCUT2D eigenvalue weighted by molar-refractivity contribution is 14.0. The van der Waals surface area contributed by atoms with E-state index in [1.54, 1.807) is 0 Å². The van der Waals surface area contributed by atoms with Crippen molar-refractivity contribution in [2.24, 2.45) is 4.99 Å². The lowest BCUT2D eigenvalue weighted by atomic mass is 10.1. The summed E-state index contributed by atoms with van der Waals surface area (Å²) in [5, 5.41) is 6.74. The topological polar surface area (TPSA) is 45.6 Å². The standard InChI is InChI=1S/C18H31N3O.HI/c1-4-6-14-22-15-10-13-20-18(19-5-2)21-16(3)17-11-8-7-9-12-17;/h7-9,11-12,16H,4-6,10,13-15H2,1-3H3,(H2,19,20,21);1H. The first-order valence-electron chi connectivity index (χ1n) is 8.45. The molecule has 23 heavy (non-hydrogen) atoms. The Hall–Kier alpha value is -0.820. The van der Waals surface area contributed by atoms with E-state index >= 15 is 0 Å². The Labute approximate surface area is 158 Å². The summed E-state index contributed by atoms with van der Waals surface area (Å²) in [4.78, 5) is 4.61. The molecule has 0 bridgehead atoms. The summed E-state index contributed by atoms with van der Waals surface area (Å²) < 4.78 is 5.56. The summed E-state index contributed by atoms with van der Waals surface area (Å²) in [7, 11) is 0. The van der Waals surface area contributed by atoms with Crippen molar-refractivity contribution in [1.29, 1.82) is 0 Å². The Kier molecular flexibility index (Phi) is 14.2. The second-order valence-electron chi connectivity index (χ2n) is 5.36. The largest absolute Gasteiger partial charge is 0.381 e. The fourth-order valence-electron chi connectivity index (χ4n) is 2.06. The zero-order valence-corrected chi connectivity index (χ0v) is 17.0. The van der Waals surface area contributed by atoms with Crippen LogP contribution in [0.1, 0.15) is 51.6 Å². The maximum Gasteiger partial charge on any atom is 0.191 e. The van der Waals surface area contributed by atoms with Crippen LogP contribution in [0.25, 0.3) is 0 Å². The maximum atomic E-state index is 5.56. The van der Waals surface area contributed by atoms with Gasteiger partial charge in [-0.15, -0.1) is 24.0 Å². The third-order valence-corrected chi connectivity index (χ3v) is 3.36. The van der Waals surface area contributed by atoms with Crippen molar-refractivity contribution in [3.8, 4) is 0 Å². The van der Waals surface area contributed by atoms with Crippen molar-refractivity contribution < 1.29 is 4.74 Å². The molecule has 2 N–H and O–H groups in total. The highest BCUT2D eigenvalue weighted by Crippen LogP contribution is 2.10. The number of rotatable bonds is 10. The number of nitrogens with zero attached hydrogens (tertiary/aromatic N) is 1. The molecular formula is C18H32IN3O. The molecule has 1 atom stereocenters. The minimum Gasteiger partial charge on any atom is -0.381 e. The highest BCUT2D eigenvalue weighted by Gasteiger charge is 2.06. The molecule has 5 heteroatoms. The van der Waals surface area contributed by atoms with Gasteiger partial charge in [0.1, 0.15) is 0 Å². The molecule has 0 aliphatic heterocycles. The van der Waals surface area contributed by atoms with Crippen LogP contribution in [-0.4, -0.2) is 32.3 Å². The number of hydrogen-bond acceptors (Lipinski definition) is 2. The fraction of sp³-hybridized carbons (Fsp3) is 0.611. The lowest BCUT2D eigenvalue weighted by Gasteiger charge is -2.18. The van der Waals surface area contributed by atoms with Crippen molar-refractivity contribution in [3.05, 3.63) is 35.9 Å². The van der Waals surface area contributed by atoms with Crippen molar-refractivity contribution in [2.75, 3.05) is 26.3 Å². The van der Waals surface area contributed by atoms with Gasteiger partial charge in [-0.25, -0.2) is 0 Å². The number of guanidine groups is 1. The third-order valence-electron chi connectivity index (χ3n) is 3.36. The van der Waals surface area contributed by atoms with E-state index in [4.69, 9.17) is 4.74 Å². The van der Waals surface area contributed by atoms with Crippen molar-refractivity contribution >= 4 is 29.9 Å². The summed E-state index contributed by atoms with van der Waals surface area (Å²) in [6, 6.07) is 10.6. The van der Waals surface area contributed by atoms with E-state index in [0.717, 1.165) is 45.1 Å². The molecule has 4 nitrogen and oxygen atoms in total. The van der Waals surface area contributed by atoms with Gasteiger partial charge in [-0.2, -0.15) is 0 Å². The molecule has 0 fully saturated rings. The molecule has 0 spiro atoms. The normalized spacial score (nSPS) is 12.4. The third kappa shape index (κ3) is 10.5. The summed E-state index contributed by atoms with van der Waals surface area (Å²) in [6.45, 7) is 9.70. The van der Waals surface area contributed by atoms with Gasteiger partial charge in [-0.3, -0.25) is 4.99 Å². The zero-order chi connectivity index (χ0) is 16.0. The Morgan fingerprint density at radius 1 is 1.13 bits per heavy atom. The molecule has 1 aromatic carbocycles. The monoisotopic (exact) mass is 433 g/mol. The first-order valence-corrected chi connectivity index (χ1v) is 8.45. The van der Waals surface area contributed by atoms with Crippen LogP contribution < -0.4 is 10.6 Å². The number of hydrogen-bond donors (Lipinski definition) is 2. The van der Waals surface area contributed by atoms with E-state index in [9.17, 15) is 0 Å². The molecule has 0 saturated heterocycles. The Balaban J connectivity index is 0.00000484. The van der Waals surface area contributed by atoms with Gasteiger partial charge < -0.3 is 15.4 Å². The molecule has 132 valence electrons. The molecule has 0 saturated carbocycles. The molecule has 0 heterocycles. The number of nitrogens with one attached hydrogen (secondary N) is 2. The molecule has 0 aromatic heterocycles. The lowest BCUT2D eigenvalue weighted by Crippen LogP contribution is -2.38. The van der Waals surface area contributed by atoms with Gasteiger partial charge in [0.05, 0.1) is 6.04 Å². The Morgan fingerprint density at radius 2 is 1.83 bits per heavy atom. The molecule has 0 amide bonds. The quantitative estimate of drug-likeness (QED) is 0.253. The van der Waals surface area contributed by atoms with Crippen LogP contribution in [0.5, 0.6) is 0 Å². The second kappa shape index (κ2) is 14.8. The smallest absolute Gasteiger partial charge is 0.191 e. The zero-order valence-electron chi connectivity index (χ0n) is 14.7. The maximum absolute atomic E-state index is 5.56. The molecule has 1 rings (SSSR count). The minimum atomic E-state index is 0. The number of ether oxygens (including phenoxy) is 1. The van der Waals surface area contributed by atoms with Crippen LogP contribution in [0.3, 0.4) is 0 Å². The van der Waals surface area contributed by atoms with E-state index in [1.807, 2.05) is 6.07 Å². The van der Waals surface area contributed by atoms with E-state index < -0.39 is 0 Å². The van der Waals surface area contributed by atoms with Gasteiger partial charge in [0.2, 0.25) is 0 Å². The van der Waals surface area contributed by atoms with Crippen LogP contribution in [0.4, 0.5) is 0 Å². The number of aliphatic imine (C=N–C) groups is 1. The van der Waals surface area contributed by atoms with Crippen LogP contribution in [0, 0.1) is 0 Å². The van der Waals surface area contributed by atoms with E-state index in [0.29, 0.717) is 0 Å². The minimum absolute atomic E-state index is 0. The van der Waals surface area contributed by atoms with Crippen molar-refractivity contribution in [1.82, 2.24) is 10.6 Å². The number of unbranched alkanes of at least 4 members (excludes halogenated alkanes) is 1. The average Bonchev–Trinajstić information content (AvgIpc) is 2.55. The van der Waals surface area contributed by atoms with Gasteiger partial charge in [-0.05, 0) is 32.3 Å². The van der Waals surface area contributed by atoms with Gasteiger partial charge in [0.15, 0.2) is 5.96 Å². The SMILES string of the molecule is CCCCOCCCN=C(NCC)NC(C)c1ccccc1.I.